The van der Waals surface area contributed by atoms with E-state index in [2.05, 4.69) is 0 Å². The van der Waals surface area contributed by atoms with E-state index in [0.29, 0.717) is 17.1 Å². The van der Waals surface area contributed by atoms with E-state index in [1.165, 1.54) is 19.1 Å². The van der Waals surface area contributed by atoms with Gasteiger partial charge in [0, 0.05) is 0 Å². The summed E-state index contributed by atoms with van der Waals surface area (Å²) in [7, 11) is -0.493. The minimum absolute atomic E-state index is 0.119. The maximum atomic E-state index is 12.1. The molecule has 2 rings (SSSR count). The van der Waals surface area contributed by atoms with E-state index >= 15 is 0 Å². The summed E-state index contributed by atoms with van der Waals surface area (Å²) in [6, 6.07) is 11.8. The Balaban J connectivity index is 2.07. The van der Waals surface area contributed by atoms with E-state index in [4.69, 9.17) is 13.7 Å². The quantitative estimate of drug-likeness (QED) is 0.470. The number of benzene rings is 2. The number of rotatable bonds is 9. The van der Waals surface area contributed by atoms with Crippen molar-refractivity contribution >= 4 is 28.1 Å². The molecule has 148 valence electrons. The molecule has 0 aliphatic rings. The monoisotopic (exact) mass is 402 g/mol. The third kappa shape index (κ3) is 6.28. The standard InChI is InChI=1S/C21H22O6S/c1-4-28(23,24)27-19-7-5-6-16(14-19)8-11-18(22)12-9-17-10-13-20(25-2)21(15-17)26-3/h5-15H,4H2,1-3H3. The summed E-state index contributed by atoms with van der Waals surface area (Å²) in [4.78, 5) is 12.1. The van der Waals surface area contributed by atoms with Gasteiger partial charge in [-0.05, 0) is 54.5 Å². The van der Waals surface area contributed by atoms with Gasteiger partial charge in [-0.3, -0.25) is 4.79 Å². The number of carbonyl (C=O) groups is 1. The Kier molecular flexibility index (Phi) is 7.40. The first kappa shape index (κ1) is 21.2. The van der Waals surface area contributed by atoms with E-state index in [1.807, 2.05) is 6.07 Å². The number of ether oxygens (including phenoxy) is 2. The highest BCUT2D eigenvalue weighted by Gasteiger charge is 2.09. The zero-order valence-electron chi connectivity index (χ0n) is 15.9. The normalized spacial score (nSPS) is 11.7. The van der Waals surface area contributed by atoms with Gasteiger partial charge in [-0.25, -0.2) is 0 Å². The molecule has 2 aromatic carbocycles. The van der Waals surface area contributed by atoms with Crippen LogP contribution in [0.4, 0.5) is 0 Å². The molecule has 0 fully saturated rings. The lowest BCUT2D eigenvalue weighted by Crippen LogP contribution is -2.11. The second kappa shape index (κ2) is 9.75. The summed E-state index contributed by atoms with van der Waals surface area (Å²) in [6.45, 7) is 1.50. The van der Waals surface area contributed by atoms with Crippen molar-refractivity contribution < 1.29 is 26.9 Å². The SMILES string of the molecule is CCS(=O)(=O)Oc1cccc(C=CC(=O)C=Cc2ccc(OC)c(OC)c2)c1. The van der Waals surface area contributed by atoms with Crippen LogP contribution in [-0.4, -0.2) is 34.2 Å². The summed E-state index contributed by atoms with van der Waals surface area (Å²) >= 11 is 0. The van der Waals surface area contributed by atoms with E-state index in [9.17, 15) is 13.2 Å². The fraction of sp³-hybridized carbons (Fsp3) is 0.190. The van der Waals surface area contributed by atoms with Gasteiger partial charge in [-0.15, -0.1) is 0 Å². The molecule has 0 heterocycles. The van der Waals surface area contributed by atoms with E-state index in [1.54, 1.807) is 62.8 Å². The zero-order valence-corrected chi connectivity index (χ0v) is 16.7. The molecule has 0 aliphatic heterocycles. The van der Waals surface area contributed by atoms with Crippen molar-refractivity contribution in [1.29, 1.82) is 0 Å². The Bertz CT molecular complexity index is 990. The lowest BCUT2D eigenvalue weighted by Gasteiger charge is -2.07. The predicted molar refractivity (Wildman–Crippen MR) is 109 cm³/mol. The molecule has 0 aromatic heterocycles. The van der Waals surface area contributed by atoms with E-state index in [-0.39, 0.29) is 17.3 Å². The van der Waals surface area contributed by atoms with Crippen molar-refractivity contribution in [1.82, 2.24) is 0 Å². The Hall–Kier alpha value is -3.06. The van der Waals surface area contributed by atoms with E-state index in [0.717, 1.165) is 5.56 Å². The second-order valence-electron chi connectivity index (χ2n) is 5.69. The third-order valence-corrected chi connectivity index (χ3v) is 4.88. The molecule has 7 heteroatoms. The van der Waals surface area contributed by atoms with Crippen LogP contribution in [0, 0.1) is 0 Å². The summed E-state index contributed by atoms with van der Waals surface area (Å²) in [5.41, 5.74) is 1.44. The topological polar surface area (TPSA) is 78.9 Å². The van der Waals surface area contributed by atoms with Crippen LogP contribution in [0.1, 0.15) is 18.1 Å². The van der Waals surface area contributed by atoms with Crippen molar-refractivity contribution in [3.63, 3.8) is 0 Å². The molecule has 0 radical (unpaired) electrons. The van der Waals surface area contributed by atoms with Crippen molar-refractivity contribution in [2.24, 2.45) is 0 Å². The van der Waals surface area contributed by atoms with Crippen LogP contribution >= 0.6 is 0 Å². The first-order valence-corrected chi connectivity index (χ1v) is 10.1. The van der Waals surface area contributed by atoms with Crippen LogP contribution in [0.3, 0.4) is 0 Å². The van der Waals surface area contributed by atoms with Crippen LogP contribution < -0.4 is 13.7 Å². The van der Waals surface area contributed by atoms with Crippen molar-refractivity contribution in [2.45, 2.75) is 6.92 Å². The van der Waals surface area contributed by atoms with Gasteiger partial charge in [-0.1, -0.05) is 30.4 Å². The number of carbonyl (C=O) groups excluding carboxylic acids is 1. The molecule has 0 atom stereocenters. The molecule has 0 saturated carbocycles. The minimum atomic E-state index is -3.59. The average molecular weight is 402 g/mol. The van der Waals surface area contributed by atoms with Crippen LogP contribution in [0.2, 0.25) is 0 Å². The summed E-state index contributed by atoms with van der Waals surface area (Å²) in [6.07, 6.45) is 6.08. The molecule has 0 bridgehead atoms. The summed E-state index contributed by atoms with van der Waals surface area (Å²) < 4.78 is 38.4. The number of ketones is 1. The minimum Gasteiger partial charge on any atom is -0.493 e. The van der Waals surface area contributed by atoms with Crippen LogP contribution in [0.25, 0.3) is 12.2 Å². The molecular formula is C21H22O6S. The molecule has 6 nitrogen and oxygen atoms in total. The van der Waals surface area contributed by atoms with Crippen molar-refractivity contribution in [2.75, 3.05) is 20.0 Å². The lowest BCUT2D eigenvalue weighted by atomic mass is 10.1. The van der Waals surface area contributed by atoms with Crippen molar-refractivity contribution in [3.8, 4) is 17.2 Å². The Morgan fingerprint density at radius 3 is 2.18 bits per heavy atom. The zero-order chi connectivity index (χ0) is 20.6. The smallest absolute Gasteiger partial charge is 0.308 e. The van der Waals surface area contributed by atoms with E-state index < -0.39 is 10.1 Å². The summed E-state index contributed by atoms with van der Waals surface area (Å²) in [5.74, 6) is 1.05. The number of methoxy groups -OCH3 is 2. The van der Waals surface area contributed by atoms with Crippen LogP contribution in [0.5, 0.6) is 17.2 Å². The maximum Gasteiger partial charge on any atom is 0.308 e. The van der Waals surface area contributed by atoms with Crippen molar-refractivity contribution in [3.05, 3.63) is 65.7 Å². The van der Waals surface area contributed by atoms with Gasteiger partial charge in [0.25, 0.3) is 0 Å². The first-order chi connectivity index (χ1) is 13.4. The molecule has 0 saturated heterocycles. The molecular weight excluding hydrogens is 380 g/mol. The Morgan fingerprint density at radius 2 is 1.57 bits per heavy atom. The first-order valence-electron chi connectivity index (χ1n) is 8.51. The van der Waals surface area contributed by atoms with Gasteiger partial charge < -0.3 is 13.7 Å². The number of allylic oxidation sites excluding steroid dienone is 2. The molecule has 0 spiro atoms. The maximum absolute atomic E-state index is 12.1. The van der Waals surface area contributed by atoms with Crippen LogP contribution in [-0.2, 0) is 14.9 Å². The van der Waals surface area contributed by atoms with Crippen LogP contribution in [0.15, 0.2) is 54.6 Å². The molecule has 0 aliphatic carbocycles. The molecule has 0 N–H and O–H groups in total. The van der Waals surface area contributed by atoms with Gasteiger partial charge >= 0.3 is 10.1 Å². The second-order valence-corrected chi connectivity index (χ2v) is 7.55. The highest BCUT2D eigenvalue weighted by Crippen LogP contribution is 2.28. The average Bonchev–Trinajstić information content (AvgIpc) is 2.70. The number of hydrogen-bond acceptors (Lipinski definition) is 6. The fourth-order valence-electron chi connectivity index (χ4n) is 2.24. The van der Waals surface area contributed by atoms with Gasteiger partial charge in [0.1, 0.15) is 5.75 Å². The highest BCUT2D eigenvalue weighted by atomic mass is 32.2. The molecule has 0 amide bonds. The van der Waals surface area contributed by atoms with Gasteiger partial charge in [0.15, 0.2) is 17.3 Å². The van der Waals surface area contributed by atoms with Gasteiger partial charge in [0.2, 0.25) is 0 Å². The molecule has 2 aromatic rings. The fourth-order valence-corrected chi connectivity index (χ4v) is 2.76. The third-order valence-electron chi connectivity index (χ3n) is 3.72. The van der Waals surface area contributed by atoms with Gasteiger partial charge in [0.05, 0.1) is 20.0 Å². The largest absolute Gasteiger partial charge is 0.493 e. The van der Waals surface area contributed by atoms with Gasteiger partial charge in [-0.2, -0.15) is 8.42 Å². The predicted octanol–water partition coefficient (Wildman–Crippen LogP) is 3.73. The molecule has 0 unspecified atom stereocenters. The lowest BCUT2D eigenvalue weighted by molar-refractivity contribution is -0.110. The Labute approximate surface area is 165 Å². The number of hydrogen-bond donors (Lipinski definition) is 0. The molecule has 28 heavy (non-hydrogen) atoms. The summed E-state index contributed by atoms with van der Waals surface area (Å²) in [5, 5.41) is 0. The Morgan fingerprint density at radius 1 is 0.929 bits per heavy atom. The highest BCUT2D eigenvalue weighted by molar-refractivity contribution is 7.87.